The van der Waals surface area contributed by atoms with Crippen LogP contribution in [0.15, 0.2) is 12.7 Å². The molecule has 1 fully saturated rings. The molecule has 2 heteroatoms. The van der Waals surface area contributed by atoms with E-state index in [0.717, 1.165) is 18.2 Å². The highest BCUT2D eigenvalue weighted by molar-refractivity contribution is 8.00. The molecule has 1 rings (SSSR count). The van der Waals surface area contributed by atoms with E-state index >= 15 is 0 Å². The fraction of sp³-hybridized carbons (Fsp3) is 0.714. The lowest BCUT2D eigenvalue weighted by Crippen LogP contribution is -2.32. The van der Waals surface area contributed by atoms with Gasteiger partial charge in [-0.2, -0.15) is 11.8 Å². The molecule has 0 aromatic rings. The summed E-state index contributed by atoms with van der Waals surface area (Å²) in [5.74, 6) is 1.26. The maximum atomic E-state index is 3.71. The summed E-state index contributed by atoms with van der Waals surface area (Å²) in [7, 11) is 0. The van der Waals surface area contributed by atoms with Gasteiger partial charge in [-0.05, 0) is 6.42 Å². The number of thioether (sulfide) groups is 1. The zero-order chi connectivity index (χ0) is 6.53. The van der Waals surface area contributed by atoms with E-state index in [1.165, 1.54) is 12.3 Å². The number of rotatable bonds is 2. The third-order valence-corrected chi connectivity index (χ3v) is 2.70. The fourth-order valence-electron chi connectivity index (χ4n) is 0.957. The van der Waals surface area contributed by atoms with E-state index in [1.807, 2.05) is 6.08 Å². The van der Waals surface area contributed by atoms with Crippen molar-refractivity contribution in [2.45, 2.75) is 11.7 Å². The van der Waals surface area contributed by atoms with Crippen LogP contribution in [0.5, 0.6) is 0 Å². The van der Waals surface area contributed by atoms with Crippen LogP contribution < -0.4 is 5.32 Å². The molecule has 1 nitrogen and oxygen atoms in total. The Morgan fingerprint density at radius 3 is 3.22 bits per heavy atom. The van der Waals surface area contributed by atoms with Crippen LogP contribution in [-0.2, 0) is 0 Å². The van der Waals surface area contributed by atoms with Crippen molar-refractivity contribution in [2.24, 2.45) is 0 Å². The number of nitrogens with one attached hydrogen (secondary N) is 1. The van der Waals surface area contributed by atoms with Gasteiger partial charge in [-0.3, -0.25) is 0 Å². The summed E-state index contributed by atoms with van der Waals surface area (Å²) in [6, 6.07) is 0. The Kier molecular flexibility index (Phi) is 3.15. The summed E-state index contributed by atoms with van der Waals surface area (Å²) < 4.78 is 0. The van der Waals surface area contributed by atoms with E-state index in [0.29, 0.717) is 0 Å². The minimum Gasteiger partial charge on any atom is -0.315 e. The maximum Gasteiger partial charge on any atom is 0.0207 e. The summed E-state index contributed by atoms with van der Waals surface area (Å²) in [4.78, 5) is 0. The third-order valence-electron chi connectivity index (χ3n) is 1.43. The summed E-state index contributed by atoms with van der Waals surface area (Å²) >= 11 is 2.05. The van der Waals surface area contributed by atoms with Crippen LogP contribution in [0.25, 0.3) is 0 Å². The molecule has 0 amide bonds. The molecular weight excluding hydrogens is 130 g/mol. The molecule has 1 aliphatic rings. The second-order valence-corrected chi connectivity index (χ2v) is 3.63. The first-order valence-corrected chi connectivity index (χ1v) is 4.41. The Bertz CT molecular complexity index is 86.9. The molecule has 0 radical (unpaired) electrons. The molecular formula is C7H13NS. The first-order valence-electron chi connectivity index (χ1n) is 3.36. The minimum absolute atomic E-state index is 0.788. The Morgan fingerprint density at radius 2 is 2.67 bits per heavy atom. The van der Waals surface area contributed by atoms with Crippen molar-refractivity contribution in [1.82, 2.24) is 5.32 Å². The van der Waals surface area contributed by atoms with E-state index in [2.05, 4.69) is 23.7 Å². The van der Waals surface area contributed by atoms with Crippen LogP contribution in [0.4, 0.5) is 0 Å². The van der Waals surface area contributed by atoms with Crippen molar-refractivity contribution in [3.63, 3.8) is 0 Å². The van der Waals surface area contributed by atoms with E-state index in [1.54, 1.807) is 0 Å². The monoisotopic (exact) mass is 143 g/mol. The third kappa shape index (κ3) is 2.41. The normalized spacial score (nSPS) is 27.8. The zero-order valence-electron chi connectivity index (χ0n) is 5.60. The van der Waals surface area contributed by atoms with Gasteiger partial charge >= 0.3 is 0 Å². The van der Waals surface area contributed by atoms with Gasteiger partial charge in [0.1, 0.15) is 0 Å². The Balaban J connectivity index is 2.15. The van der Waals surface area contributed by atoms with Crippen molar-refractivity contribution in [1.29, 1.82) is 0 Å². The minimum atomic E-state index is 0.788. The van der Waals surface area contributed by atoms with Crippen LogP contribution in [0, 0.1) is 0 Å². The first kappa shape index (κ1) is 7.16. The van der Waals surface area contributed by atoms with Crippen LogP contribution in [0.3, 0.4) is 0 Å². The van der Waals surface area contributed by atoms with E-state index in [9.17, 15) is 0 Å². The molecule has 1 N–H and O–H groups in total. The van der Waals surface area contributed by atoms with Crippen LogP contribution in [0.2, 0.25) is 0 Å². The molecule has 0 aliphatic carbocycles. The molecule has 1 heterocycles. The first-order chi connectivity index (χ1) is 4.43. The highest BCUT2D eigenvalue weighted by Gasteiger charge is 2.10. The maximum absolute atomic E-state index is 3.71. The highest BCUT2D eigenvalue weighted by atomic mass is 32.2. The molecule has 1 aliphatic heterocycles. The largest absolute Gasteiger partial charge is 0.315 e. The van der Waals surface area contributed by atoms with E-state index in [4.69, 9.17) is 0 Å². The van der Waals surface area contributed by atoms with Gasteiger partial charge in [-0.15, -0.1) is 6.58 Å². The quantitative estimate of drug-likeness (QED) is 0.584. The Morgan fingerprint density at radius 1 is 1.78 bits per heavy atom. The zero-order valence-corrected chi connectivity index (χ0v) is 6.41. The molecule has 1 atom stereocenters. The molecule has 1 unspecified atom stereocenters. The fourth-order valence-corrected chi connectivity index (χ4v) is 2.06. The summed E-state index contributed by atoms with van der Waals surface area (Å²) in [5.41, 5.74) is 0. The van der Waals surface area contributed by atoms with Crippen LogP contribution >= 0.6 is 11.8 Å². The number of hydrogen-bond acceptors (Lipinski definition) is 2. The van der Waals surface area contributed by atoms with Gasteiger partial charge in [0, 0.05) is 24.1 Å². The van der Waals surface area contributed by atoms with Crippen LogP contribution in [-0.4, -0.2) is 24.1 Å². The molecule has 0 bridgehead atoms. The average Bonchev–Trinajstić information content (AvgIpc) is 1.91. The smallest absolute Gasteiger partial charge is 0.0207 e. The summed E-state index contributed by atoms with van der Waals surface area (Å²) in [6.07, 6.45) is 3.16. The lowest BCUT2D eigenvalue weighted by Gasteiger charge is -2.20. The van der Waals surface area contributed by atoms with Crippen molar-refractivity contribution < 1.29 is 0 Å². The van der Waals surface area contributed by atoms with Crippen molar-refractivity contribution >= 4 is 11.8 Å². The highest BCUT2D eigenvalue weighted by Crippen LogP contribution is 2.16. The molecule has 0 spiro atoms. The molecule has 52 valence electrons. The number of hydrogen-bond donors (Lipinski definition) is 1. The molecule has 0 aromatic carbocycles. The summed E-state index contributed by atoms with van der Waals surface area (Å²) in [6.45, 7) is 6.06. The molecule has 9 heavy (non-hydrogen) atoms. The second kappa shape index (κ2) is 3.96. The van der Waals surface area contributed by atoms with Crippen molar-refractivity contribution in [3.8, 4) is 0 Å². The van der Waals surface area contributed by atoms with Crippen molar-refractivity contribution in [2.75, 3.05) is 18.8 Å². The Labute approximate surface area is 60.9 Å². The van der Waals surface area contributed by atoms with Gasteiger partial charge in [0.15, 0.2) is 0 Å². The van der Waals surface area contributed by atoms with Gasteiger partial charge in [0.2, 0.25) is 0 Å². The predicted molar refractivity (Wildman–Crippen MR) is 43.9 cm³/mol. The standard InChI is InChI=1S/C7H13NS/c1-2-3-7-6-8-4-5-9-7/h2,7-8H,1,3-6H2. The van der Waals surface area contributed by atoms with Gasteiger partial charge in [0.25, 0.3) is 0 Å². The van der Waals surface area contributed by atoms with Gasteiger partial charge in [-0.25, -0.2) is 0 Å². The topological polar surface area (TPSA) is 12.0 Å². The lowest BCUT2D eigenvalue weighted by atomic mass is 10.3. The van der Waals surface area contributed by atoms with Crippen molar-refractivity contribution in [3.05, 3.63) is 12.7 Å². The average molecular weight is 143 g/mol. The molecule has 0 saturated carbocycles. The predicted octanol–water partition coefficient (Wildman–Crippen LogP) is 1.27. The number of allylic oxidation sites excluding steroid dienone is 1. The van der Waals surface area contributed by atoms with Gasteiger partial charge in [0.05, 0.1) is 0 Å². The van der Waals surface area contributed by atoms with Gasteiger partial charge < -0.3 is 5.32 Å². The van der Waals surface area contributed by atoms with Crippen LogP contribution in [0.1, 0.15) is 6.42 Å². The SMILES string of the molecule is C=CCC1CNCCS1. The lowest BCUT2D eigenvalue weighted by molar-refractivity contribution is 0.673. The second-order valence-electron chi connectivity index (χ2n) is 2.22. The van der Waals surface area contributed by atoms with E-state index < -0.39 is 0 Å². The Hall–Kier alpha value is 0.0500. The molecule has 0 aromatic heterocycles. The van der Waals surface area contributed by atoms with Gasteiger partial charge in [-0.1, -0.05) is 6.08 Å². The van der Waals surface area contributed by atoms with E-state index in [-0.39, 0.29) is 0 Å². The summed E-state index contributed by atoms with van der Waals surface area (Å²) in [5, 5.41) is 4.14. The molecule has 1 saturated heterocycles.